The van der Waals surface area contributed by atoms with Crippen molar-refractivity contribution in [1.29, 1.82) is 0 Å². The molecule has 4 nitrogen and oxygen atoms in total. The molecule has 0 atom stereocenters. The van der Waals surface area contributed by atoms with Gasteiger partial charge in [-0.3, -0.25) is 9.59 Å². The van der Waals surface area contributed by atoms with E-state index in [1.54, 1.807) is 26.2 Å². The van der Waals surface area contributed by atoms with Gasteiger partial charge >= 0.3 is 0 Å². The van der Waals surface area contributed by atoms with Crippen LogP contribution in [0.2, 0.25) is 0 Å². The van der Waals surface area contributed by atoms with Crippen LogP contribution in [0.25, 0.3) is 12.2 Å². The third-order valence-electron chi connectivity index (χ3n) is 4.05. The first-order valence-electron chi connectivity index (χ1n) is 7.77. The molecule has 0 unspecified atom stereocenters. The van der Waals surface area contributed by atoms with Crippen molar-refractivity contribution in [2.45, 2.75) is 0 Å². The molecule has 1 aromatic heterocycles. The lowest BCUT2D eigenvalue weighted by Crippen LogP contribution is -2.56. The van der Waals surface area contributed by atoms with Crippen molar-refractivity contribution >= 4 is 28.1 Å². The Labute approximate surface area is 153 Å². The van der Waals surface area contributed by atoms with Crippen molar-refractivity contribution in [3.63, 3.8) is 0 Å². The van der Waals surface area contributed by atoms with E-state index >= 15 is 0 Å². The van der Waals surface area contributed by atoms with E-state index in [9.17, 15) is 9.59 Å². The fraction of sp³-hybridized carbons (Fsp3) is 0.100. The zero-order chi connectivity index (χ0) is 18.0. The Kier molecular flexibility index (Phi) is 4.86. The Morgan fingerprint density at radius 1 is 0.720 bits per heavy atom. The summed E-state index contributed by atoms with van der Waals surface area (Å²) in [5.74, 6) is 0. The van der Waals surface area contributed by atoms with E-state index in [0.29, 0.717) is 10.7 Å². The van der Waals surface area contributed by atoms with Gasteiger partial charge in [0.25, 0.3) is 11.1 Å². The van der Waals surface area contributed by atoms with Crippen molar-refractivity contribution in [1.82, 2.24) is 9.13 Å². The third-order valence-corrected chi connectivity index (χ3v) is 4.58. The number of hydrogen-bond donors (Lipinski definition) is 0. The van der Waals surface area contributed by atoms with Crippen LogP contribution in [0.5, 0.6) is 0 Å². The van der Waals surface area contributed by atoms with Crippen LogP contribution in [0.1, 0.15) is 11.1 Å². The maximum Gasteiger partial charge on any atom is 0.274 e. The second-order valence-corrected chi connectivity index (χ2v) is 6.67. The Balaban J connectivity index is 2.29. The van der Waals surface area contributed by atoms with E-state index < -0.39 is 0 Å². The highest BCUT2D eigenvalue weighted by Crippen LogP contribution is 2.10. The van der Waals surface area contributed by atoms with Gasteiger partial charge in [0.15, 0.2) is 0 Å². The molecule has 0 aliphatic rings. The molecule has 126 valence electrons. The molecule has 0 saturated heterocycles. The molecule has 0 saturated carbocycles. The molecule has 0 N–H and O–H groups in total. The molecule has 0 bridgehead atoms. The van der Waals surface area contributed by atoms with E-state index in [0.717, 1.165) is 15.6 Å². The molecule has 0 aliphatic heterocycles. The molecule has 2 aromatic carbocycles. The van der Waals surface area contributed by atoms with E-state index in [1.165, 1.54) is 9.13 Å². The van der Waals surface area contributed by atoms with Gasteiger partial charge in [0, 0.05) is 18.6 Å². The highest BCUT2D eigenvalue weighted by molar-refractivity contribution is 9.10. The molecular weight excluding hydrogens is 380 g/mol. The summed E-state index contributed by atoms with van der Waals surface area (Å²) in [6, 6.07) is 17.0. The van der Waals surface area contributed by atoms with Crippen LogP contribution in [0.3, 0.4) is 0 Å². The van der Waals surface area contributed by atoms with Crippen molar-refractivity contribution in [3.8, 4) is 0 Å². The van der Waals surface area contributed by atoms with Gasteiger partial charge in [-0.05, 0) is 35.4 Å². The van der Waals surface area contributed by atoms with E-state index in [-0.39, 0.29) is 11.1 Å². The van der Waals surface area contributed by atoms with Crippen molar-refractivity contribution in [3.05, 3.63) is 102 Å². The van der Waals surface area contributed by atoms with Crippen LogP contribution < -0.4 is 21.8 Å². The minimum absolute atomic E-state index is 0.214. The number of benzene rings is 2. The molecule has 0 radical (unpaired) electrons. The Bertz CT molecular complexity index is 1140. The van der Waals surface area contributed by atoms with Gasteiger partial charge in [0.05, 0.1) is 0 Å². The van der Waals surface area contributed by atoms with Gasteiger partial charge in [0.2, 0.25) is 0 Å². The number of nitrogens with zero attached hydrogens (tertiary/aromatic N) is 2. The van der Waals surface area contributed by atoms with Crippen LogP contribution in [-0.2, 0) is 14.1 Å². The second kappa shape index (κ2) is 7.07. The molecule has 25 heavy (non-hydrogen) atoms. The van der Waals surface area contributed by atoms with Crippen LogP contribution in [-0.4, -0.2) is 9.13 Å². The van der Waals surface area contributed by atoms with Gasteiger partial charge in [-0.2, -0.15) is 0 Å². The van der Waals surface area contributed by atoms with E-state index in [1.807, 2.05) is 54.6 Å². The number of hydrogen-bond acceptors (Lipinski definition) is 2. The lowest BCUT2D eigenvalue weighted by Gasteiger charge is -2.05. The first kappa shape index (κ1) is 17.2. The van der Waals surface area contributed by atoms with Crippen molar-refractivity contribution in [2.24, 2.45) is 14.1 Å². The summed E-state index contributed by atoms with van der Waals surface area (Å²) in [5.41, 5.74) is 1.30. The van der Waals surface area contributed by atoms with Crippen molar-refractivity contribution in [2.75, 3.05) is 0 Å². The lowest BCUT2D eigenvalue weighted by atomic mass is 10.2. The summed E-state index contributed by atoms with van der Waals surface area (Å²) in [6.45, 7) is 0. The largest absolute Gasteiger partial charge is 0.305 e. The highest BCUT2D eigenvalue weighted by atomic mass is 79.9. The first-order valence-corrected chi connectivity index (χ1v) is 8.57. The SMILES string of the molecule is Cn1c(=O)c(=Cc2ccc(Br)cc2)n(C)c(=O)c1=Cc1ccccc1. The molecule has 5 heteroatoms. The maximum absolute atomic E-state index is 12.8. The third kappa shape index (κ3) is 3.56. The predicted octanol–water partition coefficient (Wildman–Crippen LogP) is 1.50. The average Bonchev–Trinajstić information content (AvgIpc) is 2.63. The fourth-order valence-corrected chi connectivity index (χ4v) is 2.85. The summed E-state index contributed by atoms with van der Waals surface area (Å²) in [7, 11) is 3.24. The molecule has 0 spiro atoms. The summed E-state index contributed by atoms with van der Waals surface area (Å²) in [6.07, 6.45) is 3.45. The smallest absolute Gasteiger partial charge is 0.274 e. The summed E-state index contributed by atoms with van der Waals surface area (Å²) < 4.78 is 3.76. The Hall–Kier alpha value is -2.66. The molecule has 3 aromatic rings. The number of aromatic nitrogens is 2. The monoisotopic (exact) mass is 396 g/mol. The van der Waals surface area contributed by atoms with Crippen LogP contribution >= 0.6 is 15.9 Å². The topological polar surface area (TPSA) is 44.0 Å². The average molecular weight is 397 g/mol. The van der Waals surface area contributed by atoms with Gasteiger partial charge in [-0.1, -0.05) is 58.4 Å². The Morgan fingerprint density at radius 2 is 1.16 bits per heavy atom. The quantitative estimate of drug-likeness (QED) is 0.658. The molecule has 1 heterocycles. The van der Waals surface area contributed by atoms with Gasteiger partial charge in [-0.15, -0.1) is 0 Å². The number of rotatable bonds is 2. The van der Waals surface area contributed by atoms with Crippen LogP contribution in [0.4, 0.5) is 0 Å². The molecular formula is C20H17BrN2O2. The van der Waals surface area contributed by atoms with E-state index in [4.69, 9.17) is 0 Å². The van der Waals surface area contributed by atoms with Gasteiger partial charge in [-0.25, -0.2) is 0 Å². The standard InChI is InChI=1S/C20H17BrN2O2/c1-22-17(12-14-6-4-3-5-7-14)19(24)23(2)18(20(22)25)13-15-8-10-16(21)11-9-15/h3-13H,1-2H3. The minimum Gasteiger partial charge on any atom is -0.305 e. The summed E-state index contributed by atoms with van der Waals surface area (Å²) in [5, 5.41) is 0.701. The fourth-order valence-electron chi connectivity index (χ4n) is 2.59. The zero-order valence-electron chi connectivity index (χ0n) is 13.9. The molecule has 0 fully saturated rings. The maximum atomic E-state index is 12.8. The highest BCUT2D eigenvalue weighted by Gasteiger charge is 2.05. The summed E-state index contributed by atoms with van der Waals surface area (Å²) in [4.78, 5) is 25.5. The van der Waals surface area contributed by atoms with E-state index in [2.05, 4.69) is 15.9 Å². The molecule has 0 amide bonds. The first-order chi connectivity index (χ1) is 12.0. The summed E-state index contributed by atoms with van der Waals surface area (Å²) >= 11 is 3.39. The molecule has 0 aliphatic carbocycles. The van der Waals surface area contributed by atoms with Crippen molar-refractivity contribution < 1.29 is 0 Å². The predicted molar refractivity (Wildman–Crippen MR) is 104 cm³/mol. The zero-order valence-corrected chi connectivity index (χ0v) is 15.5. The number of halogens is 1. The lowest BCUT2D eigenvalue weighted by molar-refractivity contribution is 0.696. The molecule has 3 rings (SSSR count). The van der Waals surface area contributed by atoms with Crippen LogP contribution in [0.15, 0.2) is 68.7 Å². The van der Waals surface area contributed by atoms with Crippen LogP contribution in [0, 0.1) is 0 Å². The van der Waals surface area contributed by atoms with Gasteiger partial charge in [0.1, 0.15) is 10.7 Å². The normalized spacial score (nSPS) is 12.6. The van der Waals surface area contributed by atoms with Gasteiger partial charge < -0.3 is 9.13 Å². The minimum atomic E-state index is -0.216. The second-order valence-electron chi connectivity index (χ2n) is 5.75. The Morgan fingerprint density at radius 3 is 1.64 bits per heavy atom.